The Hall–Kier alpha value is -1.69. The number of aryl methyl sites for hydroxylation is 2. The molecule has 0 aliphatic heterocycles. The maximum absolute atomic E-state index is 12.2. The SMILES string of the molecule is CCc1nnc(-c2cc(NC(=O)C3CCCC3)c(C)s2)o1. The van der Waals surface area contributed by atoms with Crippen molar-refractivity contribution >= 4 is 22.9 Å². The van der Waals surface area contributed by atoms with Gasteiger partial charge >= 0.3 is 0 Å². The minimum Gasteiger partial charge on any atom is -0.420 e. The molecule has 1 saturated carbocycles. The van der Waals surface area contributed by atoms with Gasteiger partial charge in [-0.05, 0) is 25.8 Å². The minimum absolute atomic E-state index is 0.139. The zero-order chi connectivity index (χ0) is 14.8. The van der Waals surface area contributed by atoms with Crippen LogP contribution in [0.4, 0.5) is 5.69 Å². The third-order valence-electron chi connectivity index (χ3n) is 3.88. The summed E-state index contributed by atoms with van der Waals surface area (Å²) in [5.74, 6) is 1.47. The number of carbonyl (C=O) groups excluding carboxylic acids is 1. The summed E-state index contributed by atoms with van der Waals surface area (Å²) in [5.41, 5.74) is 0.864. The predicted octanol–water partition coefficient (Wildman–Crippen LogP) is 3.80. The van der Waals surface area contributed by atoms with Gasteiger partial charge in [0.15, 0.2) is 0 Å². The Morgan fingerprint density at radius 3 is 2.86 bits per heavy atom. The van der Waals surface area contributed by atoms with Gasteiger partial charge < -0.3 is 9.73 Å². The molecule has 5 nitrogen and oxygen atoms in total. The van der Waals surface area contributed by atoms with E-state index in [9.17, 15) is 4.79 Å². The first-order chi connectivity index (χ1) is 10.2. The summed E-state index contributed by atoms with van der Waals surface area (Å²) < 4.78 is 5.57. The highest BCUT2D eigenvalue weighted by Gasteiger charge is 2.24. The molecule has 1 aliphatic carbocycles. The molecule has 1 amide bonds. The van der Waals surface area contributed by atoms with Crippen molar-refractivity contribution in [2.75, 3.05) is 5.32 Å². The highest BCUT2D eigenvalue weighted by Crippen LogP contribution is 2.34. The molecule has 0 atom stereocenters. The lowest BCUT2D eigenvalue weighted by Gasteiger charge is -2.09. The summed E-state index contributed by atoms with van der Waals surface area (Å²) in [6, 6.07) is 1.93. The molecule has 1 fully saturated rings. The molecule has 0 unspecified atom stereocenters. The molecular weight excluding hydrogens is 286 g/mol. The van der Waals surface area contributed by atoms with E-state index in [0.29, 0.717) is 11.8 Å². The molecule has 112 valence electrons. The smallest absolute Gasteiger partial charge is 0.257 e. The van der Waals surface area contributed by atoms with Crippen LogP contribution in [0.2, 0.25) is 0 Å². The van der Waals surface area contributed by atoms with E-state index in [4.69, 9.17) is 4.42 Å². The van der Waals surface area contributed by atoms with Crippen LogP contribution in [0.25, 0.3) is 10.8 Å². The average Bonchev–Trinajstić information content (AvgIpc) is 3.18. The van der Waals surface area contributed by atoms with Gasteiger partial charge in [0.25, 0.3) is 5.89 Å². The fourth-order valence-electron chi connectivity index (χ4n) is 2.63. The maximum atomic E-state index is 12.2. The standard InChI is InChI=1S/C15H19N3O2S/c1-3-13-17-18-15(20-13)12-8-11(9(2)21-12)16-14(19)10-6-4-5-7-10/h8,10H,3-7H2,1-2H3,(H,16,19). The van der Waals surface area contributed by atoms with E-state index in [1.807, 2.05) is 19.9 Å². The second-order valence-corrected chi connectivity index (χ2v) is 6.66. The topological polar surface area (TPSA) is 68.0 Å². The fraction of sp³-hybridized carbons (Fsp3) is 0.533. The lowest BCUT2D eigenvalue weighted by molar-refractivity contribution is -0.119. The van der Waals surface area contributed by atoms with Crippen molar-refractivity contribution in [3.8, 4) is 10.8 Å². The van der Waals surface area contributed by atoms with Gasteiger partial charge in [-0.15, -0.1) is 21.5 Å². The highest BCUT2D eigenvalue weighted by molar-refractivity contribution is 7.15. The van der Waals surface area contributed by atoms with Crippen molar-refractivity contribution < 1.29 is 9.21 Å². The first kappa shape index (κ1) is 14.3. The number of anilines is 1. The molecule has 2 aromatic heterocycles. The average molecular weight is 305 g/mol. The normalized spacial score (nSPS) is 15.5. The molecule has 0 radical (unpaired) electrons. The van der Waals surface area contributed by atoms with Crippen LogP contribution in [-0.4, -0.2) is 16.1 Å². The molecule has 0 spiro atoms. The number of nitrogens with zero attached hydrogens (tertiary/aromatic N) is 2. The number of hydrogen-bond donors (Lipinski definition) is 1. The molecular formula is C15H19N3O2S. The van der Waals surface area contributed by atoms with Crippen LogP contribution >= 0.6 is 11.3 Å². The Kier molecular flexibility index (Phi) is 4.05. The van der Waals surface area contributed by atoms with Crippen molar-refractivity contribution in [1.29, 1.82) is 0 Å². The van der Waals surface area contributed by atoms with Crippen LogP contribution in [0.3, 0.4) is 0 Å². The van der Waals surface area contributed by atoms with E-state index in [2.05, 4.69) is 15.5 Å². The molecule has 21 heavy (non-hydrogen) atoms. The Morgan fingerprint density at radius 2 is 2.19 bits per heavy atom. The summed E-state index contributed by atoms with van der Waals surface area (Å²) in [4.78, 5) is 14.2. The van der Waals surface area contributed by atoms with Gasteiger partial charge in [-0.1, -0.05) is 19.8 Å². The summed E-state index contributed by atoms with van der Waals surface area (Å²) in [6.45, 7) is 3.97. The van der Waals surface area contributed by atoms with Gasteiger partial charge in [0.1, 0.15) is 0 Å². The van der Waals surface area contributed by atoms with Crippen LogP contribution in [0, 0.1) is 12.8 Å². The van der Waals surface area contributed by atoms with Crippen LogP contribution in [0.1, 0.15) is 43.4 Å². The van der Waals surface area contributed by atoms with Gasteiger partial charge in [0.2, 0.25) is 11.8 Å². The molecule has 0 aromatic carbocycles. The summed E-state index contributed by atoms with van der Waals surface area (Å²) in [6.07, 6.45) is 5.06. The molecule has 1 aliphatic rings. The van der Waals surface area contributed by atoms with Crippen LogP contribution < -0.4 is 5.32 Å². The predicted molar refractivity (Wildman–Crippen MR) is 82.3 cm³/mol. The lowest BCUT2D eigenvalue weighted by atomic mass is 10.1. The zero-order valence-electron chi connectivity index (χ0n) is 12.3. The molecule has 6 heteroatoms. The van der Waals surface area contributed by atoms with Crippen LogP contribution in [0.5, 0.6) is 0 Å². The lowest BCUT2D eigenvalue weighted by Crippen LogP contribution is -2.20. The highest BCUT2D eigenvalue weighted by atomic mass is 32.1. The maximum Gasteiger partial charge on any atom is 0.257 e. The second kappa shape index (κ2) is 5.97. The van der Waals surface area contributed by atoms with E-state index >= 15 is 0 Å². The second-order valence-electron chi connectivity index (χ2n) is 5.41. The van der Waals surface area contributed by atoms with E-state index in [-0.39, 0.29) is 11.8 Å². The third kappa shape index (κ3) is 3.00. The van der Waals surface area contributed by atoms with Crippen molar-refractivity contribution in [1.82, 2.24) is 10.2 Å². The van der Waals surface area contributed by atoms with E-state index in [1.54, 1.807) is 11.3 Å². The third-order valence-corrected chi connectivity index (χ3v) is 4.92. The number of carbonyl (C=O) groups is 1. The van der Waals surface area contributed by atoms with Gasteiger partial charge in [-0.3, -0.25) is 4.79 Å². The molecule has 2 aromatic rings. The van der Waals surface area contributed by atoms with Crippen molar-refractivity contribution in [3.05, 3.63) is 16.8 Å². The van der Waals surface area contributed by atoms with E-state index in [1.165, 1.54) is 0 Å². The number of amides is 1. The number of hydrogen-bond acceptors (Lipinski definition) is 5. The summed E-state index contributed by atoms with van der Waals surface area (Å²) in [5, 5.41) is 11.1. The molecule has 2 heterocycles. The Bertz CT molecular complexity index is 641. The van der Waals surface area contributed by atoms with Crippen molar-refractivity contribution in [2.45, 2.75) is 46.0 Å². The quantitative estimate of drug-likeness (QED) is 0.933. The number of thiophene rings is 1. The number of rotatable bonds is 4. The molecule has 0 saturated heterocycles. The van der Waals surface area contributed by atoms with Crippen LogP contribution in [0.15, 0.2) is 10.5 Å². The van der Waals surface area contributed by atoms with E-state index < -0.39 is 0 Å². The molecule has 1 N–H and O–H groups in total. The summed E-state index contributed by atoms with van der Waals surface area (Å²) in [7, 11) is 0. The first-order valence-electron chi connectivity index (χ1n) is 7.41. The van der Waals surface area contributed by atoms with Crippen LogP contribution in [-0.2, 0) is 11.2 Å². The minimum atomic E-state index is 0.139. The van der Waals surface area contributed by atoms with Crippen molar-refractivity contribution in [2.24, 2.45) is 5.92 Å². The zero-order valence-corrected chi connectivity index (χ0v) is 13.1. The van der Waals surface area contributed by atoms with Crippen molar-refractivity contribution in [3.63, 3.8) is 0 Å². The Morgan fingerprint density at radius 1 is 1.43 bits per heavy atom. The summed E-state index contributed by atoms with van der Waals surface area (Å²) >= 11 is 1.56. The van der Waals surface area contributed by atoms with Gasteiger partial charge in [-0.25, -0.2) is 0 Å². The first-order valence-corrected chi connectivity index (χ1v) is 8.23. The van der Waals surface area contributed by atoms with E-state index in [0.717, 1.165) is 47.5 Å². The number of nitrogens with one attached hydrogen (secondary N) is 1. The van der Waals surface area contributed by atoms with Gasteiger partial charge in [0.05, 0.1) is 10.6 Å². The Labute approximate surface area is 127 Å². The fourth-order valence-corrected chi connectivity index (χ4v) is 3.53. The van der Waals surface area contributed by atoms with Gasteiger partial charge in [0, 0.05) is 17.2 Å². The molecule has 0 bridgehead atoms. The van der Waals surface area contributed by atoms with Gasteiger partial charge in [-0.2, -0.15) is 0 Å². The number of aromatic nitrogens is 2. The Balaban J connectivity index is 1.76. The largest absolute Gasteiger partial charge is 0.420 e. The monoisotopic (exact) mass is 305 g/mol. The molecule has 3 rings (SSSR count).